The lowest BCUT2D eigenvalue weighted by atomic mass is 9.90. The fourth-order valence-electron chi connectivity index (χ4n) is 1.85. The SMILES string of the molecule is NOC1CCCc2ccccc21. The Morgan fingerprint density at radius 1 is 1.33 bits per heavy atom. The topological polar surface area (TPSA) is 35.2 Å². The lowest BCUT2D eigenvalue weighted by Crippen LogP contribution is -2.15. The first-order valence-electron chi connectivity index (χ1n) is 4.35. The van der Waals surface area contributed by atoms with Gasteiger partial charge in [0.15, 0.2) is 0 Å². The van der Waals surface area contributed by atoms with Crippen molar-refractivity contribution in [3.8, 4) is 0 Å². The van der Waals surface area contributed by atoms with Crippen molar-refractivity contribution < 1.29 is 4.84 Å². The largest absolute Gasteiger partial charge is 0.297 e. The molecule has 0 amide bonds. The van der Waals surface area contributed by atoms with Crippen molar-refractivity contribution in [2.24, 2.45) is 5.90 Å². The van der Waals surface area contributed by atoms with Crippen molar-refractivity contribution >= 4 is 0 Å². The molecule has 1 aliphatic rings. The van der Waals surface area contributed by atoms with Crippen LogP contribution in [0.4, 0.5) is 0 Å². The Bertz CT molecular complexity index is 272. The molecule has 0 fully saturated rings. The summed E-state index contributed by atoms with van der Waals surface area (Å²) in [7, 11) is 0. The molecule has 1 aromatic rings. The first-order valence-corrected chi connectivity index (χ1v) is 4.35. The van der Waals surface area contributed by atoms with E-state index in [9.17, 15) is 0 Å². The number of aryl methyl sites for hydroxylation is 1. The molecule has 0 saturated heterocycles. The van der Waals surface area contributed by atoms with Crippen LogP contribution in [-0.2, 0) is 11.3 Å². The molecule has 2 N–H and O–H groups in total. The van der Waals surface area contributed by atoms with Gasteiger partial charge in [-0.15, -0.1) is 0 Å². The van der Waals surface area contributed by atoms with Gasteiger partial charge in [-0.1, -0.05) is 24.3 Å². The standard InChI is InChI=1S/C10H13NO/c11-12-10-7-3-5-8-4-1-2-6-9(8)10/h1-2,4,6,10H,3,5,7,11H2. The fraction of sp³-hybridized carbons (Fsp3) is 0.400. The van der Waals surface area contributed by atoms with Crippen molar-refractivity contribution in [2.75, 3.05) is 0 Å². The van der Waals surface area contributed by atoms with Gasteiger partial charge >= 0.3 is 0 Å². The second-order valence-corrected chi connectivity index (χ2v) is 3.22. The smallest absolute Gasteiger partial charge is 0.104 e. The zero-order valence-electron chi connectivity index (χ0n) is 6.99. The highest BCUT2D eigenvalue weighted by Gasteiger charge is 2.18. The van der Waals surface area contributed by atoms with Crippen LogP contribution in [0.3, 0.4) is 0 Å². The number of fused-ring (bicyclic) bond motifs is 1. The zero-order chi connectivity index (χ0) is 8.39. The highest BCUT2D eigenvalue weighted by Crippen LogP contribution is 2.30. The van der Waals surface area contributed by atoms with Crippen molar-refractivity contribution in [3.05, 3.63) is 35.4 Å². The summed E-state index contributed by atoms with van der Waals surface area (Å²) < 4.78 is 0. The maximum atomic E-state index is 5.22. The van der Waals surface area contributed by atoms with Gasteiger partial charge in [-0.3, -0.25) is 4.84 Å². The van der Waals surface area contributed by atoms with Crippen LogP contribution < -0.4 is 5.90 Å². The Labute approximate surface area is 72.3 Å². The van der Waals surface area contributed by atoms with Crippen molar-refractivity contribution in [1.29, 1.82) is 0 Å². The van der Waals surface area contributed by atoms with Gasteiger partial charge in [0.2, 0.25) is 0 Å². The summed E-state index contributed by atoms with van der Waals surface area (Å²) in [5.41, 5.74) is 2.66. The summed E-state index contributed by atoms with van der Waals surface area (Å²) in [4.78, 5) is 4.92. The van der Waals surface area contributed by atoms with Gasteiger partial charge in [0.05, 0.1) is 0 Å². The summed E-state index contributed by atoms with van der Waals surface area (Å²) in [6.07, 6.45) is 3.51. The third kappa shape index (κ3) is 1.24. The molecule has 1 unspecified atom stereocenters. The van der Waals surface area contributed by atoms with E-state index in [1.807, 2.05) is 6.07 Å². The number of rotatable bonds is 1. The minimum atomic E-state index is 0.120. The number of benzene rings is 1. The summed E-state index contributed by atoms with van der Waals surface area (Å²) in [6, 6.07) is 8.36. The van der Waals surface area contributed by atoms with Crippen LogP contribution in [0.2, 0.25) is 0 Å². The van der Waals surface area contributed by atoms with Gasteiger partial charge < -0.3 is 0 Å². The van der Waals surface area contributed by atoms with Crippen LogP contribution in [0.15, 0.2) is 24.3 Å². The predicted molar refractivity (Wildman–Crippen MR) is 47.4 cm³/mol. The van der Waals surface area contributed by atoms with E-state index < -0.39 is 0 Å². The third-order valence-corrected chi connectivity index (χ3v) is 2.48. The molecule has 0 bridgehead atoms. The molecule has 0 spiro atoms. The Balaban J connectivity index is 2.37. The number of hydrogen-bond acceptors (Lipinski definition) is 2. The van der Waals surface area contributed by atoms with Gasteiger partial charge in [-0.25, -0.2) is 5.90 Å². The summed E-state index contributed by atoms with van der Waals surface area (Å²) >= 11 is 0. The molecule has 2 rings (SSSR count). The van der Waals surface area contributed by atoms with Gasteiger partial charge in [0.25, 0.3) is 0 Å². The molecule has 12 heavy (non-hydrogen) atoms. The molecular weight excluding hydrogens is 150 g/mol. The van der Waals surface area contributed by atoms with E-state index in [1.165, 1.54) is 17.5 Å². The predicted octanol–water partition coefficient (Wildman–Crippen LogP) is 1.95. The van der Waals surface area contributed by atoms with Crippen LogP contribution in [0, 0.1) is 0 Å². The second kappa shape index (κ2) is 3.25. The molecule has 0 aliphatic heterocycles. The average molecular weight is 163 g/mol. The lowest BCUT2D eigenvalue weighted by molar-refractivity contribution is 0.0405. The normalized spacial score (nSPS) is 21.9. The van der Waals surface area contributed by atoms with Crippen LogP contribution in [0.25, 0.3) is 0 Å². The van der Waals surface area contributed by atoms with E-state index in [1.54, 1.807) is 0 Å². The summed E-state index contributed by atoms with van der Waals surface area (Å²) in [6.45, 7) is 0. The Kier molecular flexibility index (Phi) is 2.11. The van der Waals surface area contributed by atoms with Gasteiger partial charge in [-0.05, 0) is 30.4 Å². The van der Waals surface area contributed by atoms with Crippen LogP contribution in [0.5, 0.6) is 0 Å². The highest BCUT2D eigenvalue weighted by molar-refractivity contribution is 5.31. The molecule has 2 heteroatoms. The monoisotopic (exact) mass is 163 g/mol. The fourth-order valence-corrected chi connectivity index (χ4v) is 1.85. The Hall–Kier alpha value is -0.860. The third-order valence-electron chi connectivity index (χ3n) is 2.48. The molecule has 1 aromatic carbocycles. The quantitative estimate of drug-likeness (QED) is 0.642. The molecule has 1 atom stereocenters. The van der Waals surface area contributed by atoms with Crippen LogP contribution in [-0.4, -0.2) is 0 Å². The molecule has 0 heterocycles. The summed E-state index contributed by atoms with van der Waals surface area (Å²) in [5, 5.41) is 0. The van der Waals surface area contributed by atoms with E-state index in [4.69, 9.17) is 10.7 Å². The molecule has 64 valence electrons. The number of hydrogen-bond donors (Lipinski definition) is 1. The van der Waals surface area contributed by atoms with Gasteiger partial charge in [0.1, 0.15) is 6.10 Å². The molecule has 2 nitrogen and oxygen atoms in total. The number of nitrogens with two attached hydrogens (primary N) is 1. The van der Waals surface area contributed by atoms with Crippen LogP contribution in [0.1, 0.15) is 30.1 Å². The molecule has 1 aliphatic carbocycles. The maximum Gasteiger partial charge on any atom is 0.104 e. The first kappa shape index (κ1) is 7.77. The molecule has 0 radical (unpaired) electrons. The molecule has 0 saturated carbocycles. The van der Waals surface area contributed by atoms with E-state index >= 15 is 0 Å². The van der Waals surface area contributed by atoms with Crippen molar-refractivity contribution in [3.63, 3.8) is 0 Å². The molecular formula is C10H13NO. The average Bonchev–Trinajstić information content (AvgIpc) is 2.17. The molecule has 0 aromatic heterocycles. The summed E-state index contributed by atoms with van der Waals surface area (Å²) in [5.74, 6) is 5.22. The van der Waals surface area contributed by atoms with E-state index in [0.29, 0.717) is 0 Å². The second-order valence-electron chi connectivity index (χ2n) is 3.22. The Morgan fingerprint density at radius 3 is 3.00 bits per heavy atom. The highest BCUT2D eigenvalue weighted by atomic mass is 16.6. The van der Waals surface area contributed by atoms with Crippen LogP contribution >= 0.6 is 0 Å². The Morgan fingerprint density at radius 2 is 2.17 bits per heavy atom. The van der Waals surface area contributed by atoms with Crippen molar-refractivity contribution in [1.82, 2.24) is 0 Å². The lowest BCUT2D eigenvalue weighted by Gasteiger charge is -2.23. The minimum Gasteiger partial charge on any atom is -0.297 e. The van der Waals surface area contributed by atoms with Gasteiger partial charge in [-0.2, -0.15) is 0 Å². The first-order chi connectivity index (χ1) is 5.92. The van der Waals surface area contributed by atoms with E-state index in [2.05, 4.69) is 18.2 Å². The minimum absolute atomic E-state index is 0.120. The van der Waals surface area contributed by atoms with E-state index in [-0.39, 0.29) is 6.10 Å². The van der Waals surface area contributed by atoms with Gasteiger partial charge in [0, 0.05) is 0 Å². The van der Waals surface area contributed by atoms with E-state index in [0.717, 1.165) is 12.8 Å². The van der Waals surface area contributed by atoms with Crippen molar-refractivity contribution in [2.45, 2.75) is 25.4 Å². The zero-order valence-corrected chi connectivity index (χ0v) is 6.99. The maximum absolute atomic E-state index is 5.22.